The number of ether oxygens (including phenoxy) is 1. The lowest BCUT2D eigenvalue weighted by Gasteiger charge is -2.45. The van der Waals surface area contributed by atoms with E-state index in [-0.39, 0.29) is 5.92 Å². The highest BCUT2D eigenvalue weighted by Crippen LogP contribution is 2.53. The third-order valence-electron chi connectivity index (χ3n) is 5.04. The Hall–Kier alpha value is -2.30. The van der Waals surface area contributed by atoms with Crippen molar-refractivity contribution in [1.82, 2.24) is 0 Å². The van der Waals surface area contributed by atoms with Gasteiger partial charge in [-0.25, -0.2) is 0 Å². The highest BCUT2D eigenvalue weighted by Gasteiger charge is 2.53. The molecule has 0 unspecified atom stereocenters. The largest absolute Gasteiger partial charge is 0.497 e. The van der Waals surface area contributed by atoms with Crippen LogP contribution in [0.15, 0.2) is 30.4 Å². The Balaban J connectivity index is 2.27. The molecule has 2 aliphatic carbocycles. The smallest absolute Gasteiger partial charge is 0.314 e. The first-order valence-electron chi connectivity index (χ1n) is 7.30. The summed E-state index contributed by atoms with van der Waals surface area (Å²) in [5.41, 5.74) is 0.138. The minimum Gasteiger partial charge on any atom is -0.497 e. The van der Waals surface area contributed by atoms with Crippen LogP contribution in [0.4, 0.5) is 0 Å². The Bertz CT molecular complexity index is 663. The average Bonchev–Trinajstić information content (AvgIpc) is 2.52. The van der Waals surface area contributed by atoms with Gasteiger partial charge in [0.1, 0.15) is 5.75 Å². The second kappa shape index (κ2) is 5.16. The summed E-state index contributed by atoms with van der Waals surface area (Å²) in [6.45, 7) is 0. The predicted molar refractivity (Wildman–Crippen MR) is 79.2 cm³/mol. The highest BCUT2D eigenvalue weighted by molar-refractivity contribution is 5.87. The Morgan fingerprint density at radius 3 is 2.68 bits per heavy atom. The monoisotopic (exact) mass is 302 g/mol. The number of rotatable bonds is 3. The minimum atomic E-state index is -1.05. The number of benzene rings is 1. The van der Waals surface area contributed by atoms with Crippen LogP contribution in [0.2, 0.25) is 0 Å². The third kappa shape index (κ3) is 1.92. The molecule has 2 N–H and O–H groups in total. The number of carbonyl (C=O) groups is 2. The summed E-state index contributed by atoms with van der Waals surface area (Å²) in [6.07, 6.45) is 5.17. The fourth-order valence-corrected chi connectivity index (χ4v) is 3.90. The number of carboxylic acid groups (broad SMARTS) is 2. The summed E-state index contributed by atoms with van der Waals surface area (Å²) in [5, 5.41) is 19.5. The molecule has 0 aromatic heterocycles. The molecule has 0 spiro atoms. The minimum absolute atomic E-state index is 0.212. The van der Waals surface area contributed by atoms with Gasteiger partial charge >= 0.3 is 11.9 Å². The van der Waals surface area contributed by atoms with Crippen molar-refractivity contribution in [2.24, 2.45) is 5.92 Å². The number of methoxy groups -OCH3 is 1. The molecule has 2 aliphatic rings. The van der Waals surface area contributed by atoms with E-state index < -0.39 is 23.3 Å². The Kier molecular flexibility index (Phi) is 3.43. The van der Waals surface area contributed by atoms with Gasteiger partial charge in [-0.05, 0) is 48.4 Å². The van der Waals surface area contributed by atoms with Gasteiger partial charge < -0.3 is 14.9 Å². The third-order valence-corrected chi connectivity index (χ3v) is 5.04. The van der Waals surface area contributed by atoms with Crippen molar-refractivity contribution in [2.75, 3.05) is 7.11 Å². The standard InChI is InChI=1S/C17H18O5/c1-22-11-5-6-12-13(15(18)19)8-10-4-2-3-7-17(10,16(20)21)14(12)9-11/h2-3,5-6,9-10,13H,4,7-8H2,1H3,(H,18,19)(H,20,21)/t10-,13-,17+/m0/s1. The number of allylic oxidation sites excluding steroid dienone is 2. The fourth-order valence-electron chi connectivity index (χ4n) is 3.90. The van der Waals surface area contributed by atoms with Gasteiger partial charge in [-0.3, -0.25) is 9.59 Å². The lowest BCUT2D eigenvalue weighted by molar-refractivity contribution is -0.149. The zero-order valence-corrected chi connectivity index (χ0v) is 12.3. The molecule has 1 aromatic rings. The number of hydrogen-bond acceptors (Lipinski definition) is 3. The molecule has 116 valence electrons. The average molecular weight is 302 g/mol. The van der Waals surface area contributed by atoms with E-state index in [4.69, 9.17) is 4.74 Å². The zero-order valence-electron chi connectivity index (χ0n) is 12.3. The quantitative estimate of drug-likeness (QED) is 0.838. The van der Waals surface area contributed by atoms with Gasteiger partial charge in [-0.2, -0.15) is 0 Å². The molecule has 22 heavy (non-hydrogen) atoms. The van der Waals surface area contributed by atoms with Gasteiger partial charge in [0.2, 0.25) is 0 Å². The van der Waals surface area contributed by atoms with E-state index in [2.05, 4.69) is 0 Å². The van der Waals surface area contributed by atoms with E-state index in [1.54, 1.807) is 18.2 Å². The van der Waals surface area contributed by atoms with Crippen molar-refractivity contribution in [3.8, 4) is 5.75 Å². The normalized spacial score (nSPS) is 29.3. The van der Waals surface area contributed by atoms with Crippen LogP contribution in [-0.2, 0) is 15.0 Å². The van der Waals surface area contributed by atoms with Gasteiger partial charge in [0.05, 0.1) is 18.4 Å². The van der Waals surface area contributed by atoms with Gasteiger partial charge in [-0.15, -0.1) is 0 Å². The van der Waals surface area contributed by atoms with E-state index in [9.17, 15) is 19.8 Å². The van der Waals surface area contributed by atoms with Crippen molar-refractivity contribution in [3.63, 3.8) is 0 Å². The second-order valence-electron chi connectivity index (χ2n) is 5.96. The van der Waals surface area contributed by atoms with Crippen LogP contribution in [0.25, 0.3) is 0 Å². The summed E-state index contributed by atoms with van der Waals surface area (Å²) < 4.78 is 5.22. The number of carboxylic acids is 2. The van der Waals surface area contributed by atoms with Crippen molar-refractivity contribution in [3.05, 3.63) is 41.5 Å². The van der Waals surface area contributed by atoms with E-state index >= 15 is 0 Å². The van der Waals surface area contributed by atoms with Crippen LogP contribution in [0, 0.1) is 5.92 Å². The molecule has 0 bridgehead atoms. The topological polar surface area (TPSA) is 83.8 Å². The molecule has 3 atom stereocenters. The Morgan fingerprint density at radius 2 is 2.05 bits per heavy atom. The van der Waals surface area contributed by atoms with Crippen molar-refractivity contribution >= 4 is 11.9 Å². The Morgan fingerprint density at radius 1 is 1.27 bits per heavy atom. The van der Waals surface area contributed by atoms with Crippen molar-refractivity contribution in [2.45, 2.75) is 30.6 Å². The maximum absolute atomic E-state index is 12.1. The molecule has 3 rings (SSSR count). The van der Waals surface area contributed by atoms with Gasteiger partial charge in [0.25, 0.3) is 0 Å². The van der Waals surface area contributed by atoms with E-state index in [1.807, 2.05) is 12.2 Å². The molecule has 0 heterocycles. The summed E-state index contributed by atoms with van der Waals surface area (Å²) in [5.74, 6) is -2.11. The molecule has 1 aromatic carbocycles. The van der Waals surface area contributed by atoms with Crippen LogP contribution in [0.1, 0.15) is 36.3 Å². The van der Waals surface area contributed by atoms with Crippen molar-refractivity contribution in [1.29, 1.82) is 0 Å². The first kappa shape index (κ1) is 14.6. The molecule has 0 saturated heterocycles. The van der Waals surface area contributed by atoms with Crippen LogP contribution >= 0.6 is 0 Å². The van der Waals surface area contributed by atoms with E-state index in [0.29, 0.717) is 36.1 Å². The predicted octanol–water partition coefficient (Wildman–Crippen LogP) is 2.56. The number of fused-ring (bicyclic) bond motifs is 3. The summed E-state index contributed by atoms with van der Waals surface area (Å²) >= 11 is 0. The molecule has 0 aliphatic heterocycles. The van der Waals surface area contributed by atoms with Gasteiger partial charge in [0.15, 0.2) is 0 Å². The highest BCUT2D eigenvalue weighted by atomic mass is 16.5. The van der Waals surface area contributed by atoms with Crippen molar-refractivity contribution < 1.29 is 24.5 Å². The number of aliphatic carboxylic acids is 2. The molecule has 0 fully saturated rings. The van der Waals surface area contributed by atoms with Crippen LogP contribution < -0.4 is 4.74 Å². The molecule has 0 radical (unpaired) electrons. The van der Waals surface area contributed by atoms with Gasteiger partial charge in [0, 0.05) is 0 Å². The lowest BCUT2D eigenvalue weighted by atomic mass is 9.56. The fraction of sp³-hybridized carbons (Fsp3) is 0.412. The molecule has 5 nitrogen and oxygen atoms in total. The molecular weight excluding hydrogens is 284 g/mol. The number of hydrogen-bond donors (Lipinski definition) is 2. The maximum atomic E-state index is 12.1. The second-order valence-corrected chi connectivity index (χ2v) is 5.96. The molecular formula is C17H18O5. The van der Waals surface area contributed by atoms with Crippen LogP contribution in [0.3, 0.4) is 0 Å². The first-order chi connectivity index (χ1) is 10.5. The van der Waals surface area contributed by atoms with Crippen LogP contribution in [0.5, 0.6) is 5.75 Å². The first-order valence-corrected chi connectivity index (χ1v) is 7.30. The Labute approximate surface area is 128 Å². The van der Waals surface area contributed by atoms with Crippen LogP contribution in [-0.4, -0.2) is 29.3 Å². The van der Waals surface area contributed by atoms with E-state index in [0.717, 1.165) is 0 Å². The summed E-state index contributed by atoms with van der Waals surface area (Å²) in [7, 11) is 1.52. The molecule has 0 amide bonds. The van der Waals surface area contributed by atoms with E-state index in [1.165, 1.54) is 7.11 Å². The maximum Gasteiger partial charge on any atom is 0.314 e. The molecule has 0 saturated carbocycles. The summed E-state index contributed by atoms with van der Waals surface area (Å²) in [6, 6.07) is 5.10. The van der Waals surface area contributed by atoms with Gasteiger partial charge in [-0.1, -0.05) is 18.2 Å². The summed E-state index contributed by atoms with van der Waals surface area (Å²) in [4.78, 5) is 23.8. The zero-order chi connectivity index (χ0) is 15.9. The SMILES string of the molecule is COc1ccc2c(c1)[C@@]1(C(=O)O)CC=CC[C@H]1C[C@@H]2C(=O)O. The molecule has 5 heteroatoms. The lowest BCUT2D eigenvalue weighted by Crippen LogP contribution is -2.48.